The number of methoxy groups -OCH3 is 3. The fourth-order valence-corrected chi connectivity index (χ4v) is 3.23. The molecule has 0 aliphatic heterocycles. The molecule has 29 heavy (non-hydrogen) atoms. The molecule has 0 unspecified atom stereocenters. The number of rotatable bonds is 5. The zero-order valence-corrected chi connectivity index (χ0v) is 16.3. The first kappa shape index (κ1) is 18.5. The average molecular weight is 388 g/mol. The maximum atomic E-state index is 6.18. The molecule has 4 rings (SSSR count). The van der Waals surface area contributed by atoms with Gasteiger partial charge in [0.05, 0.1) is 32.4 Å². The van der Waals surface area contributed by atoms with Gasteiger partial charge in [-0.3, -0.25) is 0 Å². The topological polar surface area (TPSA) is 92.4 Å². The van der Waals surface area contributed by atoms with E-state index in [1.807, 2.05) is 48.5 Å². The SMILES string of the molecule is COc1ccc(-c2cc(-c3ccc(OC)c(OC)c3)c3c(N)ncnc3n2)cc1. The Labute approximate surface area is 168 Å². The quantitative estimate of drug-likeness (QED) is 0.553. The second-order valence-electron chi connectivity index (χ2n) is 6.31. The molecule has 0 spiro atoms. The van der Waals surface area contributed by atoms with Crippen LogP contribution in [0.5, 0.6) is 17.2 Å². The van der Waals surface area contributed by atoms with Crippen molar-refractivity contribution in [3.8, 4) is 39.6 Å². The minimum atomic E-state index is 0.369. The lowest BCUT2D eigenvalue weighted by atomic mass is 9.99. The Bertz CT molecular complexity index is 1180. The van der Waals surface area contributed by atoms with Crippen LogP contribution in [0.25, 0.3) is 33.4 Å². The normalized spacial score (nSPS) is 10.7. The molecule has 0 fully saturated rings. The molecule has 0 aliphatic carbocycles. The van der Waals surface area contributed by atoms with Crippen molar-refractivity contribution in [2.45, 2.75) is 0 Å². The van der Waals surface area contributed by atoms with E-state index < -0.39 is 0 Å². The van der Waals surface area contributed by atoms with E-state index in [0.29, 0.717) is 28.4 Å². The predicted molar refractivity (Wildman–Crippen MR) is 112 cm³/mol. The molecule has 2 heterocycles. The number of anilines is 1. The van der Waals surface area contributed by atoms with Crippen LogP contribution in [0.15, 0.2) is 54.9 Å². The molecule has 0 saturated carbocycles. The number of fused-ring (bicyclic) bond motifs is 1. The van der Waals surface area contributed by atoms with Gasteiger partial charge in [0.15, 0.2) is 17.1 Å². The average Bonchev–Trinajstić information content (AvgIpc) is 2.78. The third kappa shape index (κ3) is 3.38. The van der Waals surface area contributed by atoms with Crippen molar-refractivity contribution in [1.29, 1.82) is 0 Å². The summed E-state index contributed by atoms with van der Waals surface area (Å²) in [5, 5.41) is 0.692. The molecule has 2 N–H and O–H groups in total. The number of benzene rings is 2. The second-order valence-corrected chi connectivity index (χ2v) is 6.31. The van der Waals surface area contributed by atoms with Gasteiger partial charge in [0.25, 0.3) is 0 Å². The Kier molecular flexibility index (Phi) is 4.87. The molecule has 4 aromatic rings. The first-order chi connectivity index (χ1) is 14.1. The monoisotopic (exact) mass is 388 g/mol. The van der Waals surface area contributed by atoms with E-state index in [0.717, 1.165) is 28.1 Å². The van der Waals surface area contributed by atoms with Gasteiger partial charge < -0.3 is 19.9 Å². The summed E-state index contributed by atoms with van der Waals surface area (Å²) in [7, 11) is 4.84. The smallest absolute Gasteiger partial charge is 0.165 e. The number of ether oxygens (including phenoxy) is 3. The highest BCUT2D eigenvalue weighted by molar-refractivity contribution is 6.01. The van der Waals surface area contributed by atoms with Crippen molar-refractivity contribution in [2.24, 2.45) is 0 Å². The molecular weight excluding hydrogens is 368 g/mol. The summed E-state index contributed by atoms with van der Waals surface area (Å²) in [4.78, 5) is 13.2. The van der Waals surface area contributed by atoms with Crippen molar-refractivity contribution in [3.05, 3.63) is 54.9 Å². The van der Waals surface area contributed by atoms with Crippen molar-refractivity contribution >= 4 is 16.9 Å². The Morgan fingerprint density at radius 2 is 1.48 bits per heavy atom. The molecule has 7 heteroatoms. The predicted octanol–water partition coefficient (Wildman–Crippen LogP) is 3.97. The van der Waals surface area contributed by atoms with Crippen molar-refractivity contribution in [1.82, 2.24) is 15.0 Å². The van der Waals surface area contributed by atoms with Crippen molar-refractivity contribution < 1.29 is 14.2 Å². The molecule has 0 aliphatic rings. The third-order valence-electron chi connectivity index (χ3n) is 4.71. The Morgan fingerprint density at radius 1 is 0.759 bits per heavy atom. The molecule has 7 nitrogen and oxygen atoms in total. The van der Waals surface area contributed by atoms with Crippen LogP contribution in [0.3, 0.4) is 0 Å². The van der Waals surface area contributed by atoms with Crippen LogP contribution in [0.2, 0.25) is 0 Å². The molecule has 0 saturated heterocycles. The third-order valence-corrected chi connectivity index (χ3v) is 4.71. The molecule has 2 aromatic heterocycles. The first-order valence-electron chi connectivity index (χ1n) is 8.92. The number of pyridine rings is 1. The summed E-state index contributed by atoms with van der Waals surface area (Å²) in [5.74, 6) is 2.42. The minimum Gasteiger partial charge on any atom is -0.497 e. The maximum absolute atomic E-state index is 6.18. The van der Waals surface area contributed by atoms with Gasteiger partial charge in [-0.1, -0.05) is 6.07 Å². The molecule has 2 aromatic carbocycles. The summed E-state index contributed by atoms with van der Waals surface area (Å²) in [6, 6.07) is 15.4. The van der Waals surface area contributed by atoms with Gasteiger partial charge in [-0.25, -0.2) is 15.0 Å². The van der Waals surface area contributed by atoms with Crippen LogP contribution in [0.4, 0.5) is 5.82 Å². The van der Waals surface area contributed by atoms with E-state index in [1.54, 1.807) is 21.3 Å². The fraction of sp³-hybridized carbons (Fsp3) is 0.136. The molecule has 0 atom stereocenters. The van der Waals surface area contributed by atoms with Crippen LogP contribution < -0.4 is 19.9 Å². The summed E-state index contributed by atoms with van der Waals surface area (Å²) in [6.45, 7) is 0. The minimum absolute atomic E-state index is 0.369. The zero-order chi connectivity index (χ0) is 20.4. The molecule has 146 valence electrons. The molecule has 0 bridgehead atoms. The van der Waals surface area contributed by atoms with Crippen LogP contribution >= 0.6 is 0 Å². The molecular formula is C22H20N4O3. The standard InChI is InChI=1S/C22H20N4O3/c1-27-15-7-4-13(5-8-15)17-11-16(20-21(23)24-12-25-22(20)26-17)14-6-9-18(28-2)19(10-14)29-3/h4-12H,1-3H3,(H2,23,24,25,26). The van der Waals surface area contributed by atoms with Gasteiger partial charge in [0, 0.05) is 5.56 Å². The summed E-state index contributed by atoms with van der Waals surface area (Å²) in [6.07, 6.45) is 1.42. The summed E-state index contributed by atoms with van der Waals surface area (Å²) in [5.41, 5.74) is 10.2. The van der Waals surface area contributed by atoms with Crippen LogP contribution in [0, 0.1) is 0 Å². The summed E-state index contributed by atoms with van der Waals surface area (Å²) < 4.78 is 16.1. The number of nitrogen functional groups attached to an aromatic ring is 1. The van der Waals surface area contributed by atoms with E-state index in [-0.39, 0.29) is 0 Å². The molecule has 0 radical (unpaired) electrons. The number of hydrogen-bond donors (Lipinski definition) is 1. The lowest BCUT2D eigenvalue weighted by molar-refractivity contribution is 0.355. The van der Waals surface area contributed by atoms with Gasteiger partial charge in [-0.15, -0.1) is 0 Å². The lowest BCUT2D eigenvalue weighted by Gasteiger charge is -2.13. The first-order valence-corrected chi connectivity index (χ1v) is 8.92. The number of aromatic nitrogens is 3. The van der Waals surface area contributed by atoms with Gasteiger partial charge in [-0.05, 0) is 53.6 Å². The van der Waals surface area contributed by atoms with Gasteiger partial charge in [0.1, 0.15) is 17.9 Å². The van der Waals surface area contributed by atoms with Crippen molar-refractivity contribution in [3.63, 3.8) is 0 Å². The van der Waals surface area contributed by atoms with Gasteiger partial charge in [-0.2, -0.15) is 0 Å². The number of nitrogens with two attached hydrogens (primary N) is 1. The Balaban J connectivity index is 1.96. The summed E-state index contributed by atoms with van der Waals surface area (Å²) >= 11 is 0. The number of hydrogen-bond acceptors (Lipinski definition) is 7. The van der Waals surface area contributed by atoms with E-state index in [2.05, 4.69) is 9.97 Å². The van der Waals surface area contributed by atoms with E-state index in [1.165, 1.54) is 6.33 Å². The van der Waals surface area contributed by atoms with Crippen LogP contribution in [0.1, 0.15) is 0 Å². The zero-order valence-electron chi connectivity index (χ0n) is 16.3. The van der Waals surface area contributed by atoms with Gasteiger partial charge >= 0.3 is 0 Å². The lowest BCUT2D eigenvalue weighted by Crippen LogP contribution is -1.99. The van der Waals surface area contributed by atoms with E-state index in [9.17, 15) is 0 Å². The largest absolute Gasteiger partial charge is 0.497 e. The van der Waals surface area contributed by atoms with E-state index >= 15 is 0 Å². The highest BCUT2D eigenvalue weighted by Crippen LogP contribution is 2.38. The highest BCUT2D eigenvalue weighted by atomic mass is 16.5. The fourth-order valence-electron chi connectivity index (χ4n) is 3.23. The Morgan fingerprint density at radius 3 is 2.17 bits per heavy atom. The Hall–Kier alpha value is -3.87. The highest BCUT2D eigenvalue weighted by Gasteiger charge is 2.15. The van der Waals surface area contributed by atoms with Crippen LogP contribution in [-0.2, 0) is 0 Å². The van der Waals surface area contributed by atoms with Crippen LogP contribution in [-0.4, -0.2) is 36.3 Å². The van der Waals surface area contributed by atoms with Crippen molar-refractivity contribution in [2.75, 3.05) is 27.1 Å². The maximum Gasteiger partial charge on any atom is 0.165 e. The second kappa shape index (κ2) is 7.63. The van der Waals surface area contributed by atoms with Gasteiger partial charge in [0.2, 0.25) is 0 Å². The number of nitrogens with zero attached hydrogens (tertiary/aromatic N) is 3. The molecule has 0 amide bonds. The van der Waals surface area contributed by atoms with E-state index in [4.69, 9.17) is 24.9 Å².